The molecule has 0 aliphatic carbocycles. The number of aryl methyl sites for hydroxylation is 2. The lowest BCUT2D eigenvalue weighted by atomic mass is 10.0. The fraction of sp³-hybridized carbons (Fsp3) is 0.611. The molecule has 0 saturated carbocycles. The number of rotatable bonds is 6. The van der Waals surface area contributed by atoms with Crippen LogP contribution in [0.4, 0.5) is 0 Å². The van der Waals surface area contributed by atoms with Crippen LogP contribution in [0.3, 0.4) is 0 Å². The number of aliphatic hydroxyl groups is 1. The Morgan fingerprint density at radius 3 is 2.85 bits per heavy atom. The van der Waals surface area contributed by atoms with Gasteiger partial charge in [-0.05, 0) is 45.7 Å². The number of guanidine groups is 1. The van der Waals surface area contributed by atoms with Gasteiger partial charge in [0.1, 0.15) is 29.5 Å². The normalized spacial score (nSPS) is 16.2. The van der Waals surface area contributed by atoms with Crippen molar-refractivity contribution < 1.29 is 9.52 Å². The second-order valence-electron chi connectivity index (χ2n) is 6.87. The summed E-state index contributed by atoms with van der Waals surface area (Å²) in [5, 5.41) is 25.6. The number of nitrogens with zero attached hydrogens (tertiary/aromatic N) is 4. The van der Waals surface area contributed by atoms with E-state index in [2.05, 4.69) is 30.4 Å². The molecule has 0 fully saturated rings. The Bertz CT molecular complexity index is 768. The van der Waals surface area contributed by atoms with E-state index < -0.39 is 5.60 Å². The first-order valence-electron chi connectivity index (χ1n) is 9.22. The number of hydrogen-bond acceptors (Lipinski definition) is 5. The third kappa shape index (κ3) is 5.44. The molecule has 0 amide bonds. The molecule has 3 rings (SSSR count). The van der Waals surface area contributed by atoms with Crippen LogP contribution in [0.15, 0.2) is 21.5 Å². The molecule has 27 heavy (non-hydrogen) atoms. The van der Waals surface area contributed by atoms with E-state index in [1.165, 1.54) is 6.42 Å². The fourth-order valence-corrected chi connectivity index (χ4v) is 3.04. The van der Waals surface area contributed by atoms with Gasteiger partial charge in [0.25, 0.3) is 0 Å². The number of aromatic nitrogens is 3. The van der Waals surface area contributed by atoms with Crippen molar-refractivity contribution in [2.75, 3.05) is 13.1 Å². The lowest BCUT2D eigenvalue weighted by Gasteiger charge is -2.23. The maximum Gasteiger partial charge on any atom is 0.191 e. The van der Waals surface area contributed by atoms with Crippen LogP contribution < -0.4 is 10.6 Å². The summed E-state index contributed by atoms with van der Waals surface area (Å²) < 4.78 is 7.71. The van der Waals surface area contributed by atoms with E-state index in [1.807, 2.05) is 19.9 Å². The minimum atomic E-state index is -1.13. The van der Waals surface area contributed by atoms with Crippen molar-refractivity contribution in [2.45, 2.75) is 58.7 Å². The van der Waals surface area contributed by atoms with E-state index in [0.717, 1.165) is 43.3 Å². The zero-order valence-corrected chi connectivity index (χ0v) is 18.5. The summed E-state index contributed by atoms with van der Waals surface area (Å²) in [4.78, 5) is 4.60. The van der Waals surface area contributed by atoms with Gasteiger partial charge in [0.15, 0.2) is 11.8 Å². The molecule has 3 N–H and O–H groups in total. The molecule has 0 spiro atoms. The molecule has 8 nitrogen and oxygen atoms in total. The van der Waals surface area contributed by atoms with Crippen molar-refractivity contribution in [2.24, 2.45) is 4.99 Å². The summed E-state index contributed by atoms with van der Waals surface area (Å²) in [5.74, 6) is 3.87. The van der Waals surface area contributed by atoms with E-state index in [1.54, 1.807) is 13.0 Å². The molecule has 1 atom stereocenters. The number of furan rings is 1. The van der Waals surface area contributed by atoms with Crippen molar-refractivity contribution >= 4 is 29.9 Å². The highest BCUT2D eigenvalue weighted by molar-refractivity contribution is 14.0. The van der Waals surface area contributed by atoms with Crippen LogP contribution in [-0.2, 0) is 25.1 Å². The molecule has 2 aromatic heterocycles. The van der Waals surface area contributed by atoms with E-state index >= 15 is 0 Å². The number of aliphatic imine (C=N–C) groups is 1. The third-order valence-electron chi connectivity index (χ3n) is 4.53. The van der Waals surface area contributed by atoms with Crippen LogP contribution in [0, 0.1) is 6.92 Å². The second kappa shape index (κ2) is 9.54. The predicted molar refractivity (Wildman–Crippen MR) is 114 cm³/mol. The molecule has 1 unspecified atom stereocenters. The highest BCUT2D eigenvalue weighted by atomic mass is 127. The van der Waals surface area contributed by atoms with Gasteiger partial charge in [-0.2, -0.15) is 0 Å². The van der Waals surface area contributed by atoms with Gasteiger partial charge in [-0.15, -0.1) is 34.2 Å². The molecule has 3 heterocycles. The monoisotopic (exact) mass is 488 g/mol. The number of fused-ring (bicyclic) bond motifs is 1. The SMILES string of the molecule is CCNC(=NCc1nnc2n1CCCC2)NCC(C)(O)c1ccc(C)o1.I. The molecule has 0 radical (unpaired) electrons. The molecular weight excluding hydrogens is 459 g/mol. The largest absolute Gasteiger partial charge is 0.463 e. The molecule has 1 aliphatic heterocycles. The Labute approximate surface area is 176 Å². The summed E-state index contributed by atoms with van der Waals surface area (Å²) in [6, 6.07) is 3.64. The van der Waals surface area contributed by atoms with E-state index in [9.17, 15) is 5.11 Å². The summed E-state index contributed by atoms with van der Waals surface area (Å²) in [6.07, 6.45) is 3.32. The van der Waals surface area contributed by atoms with Crippen LogP contribution in [-0.4, -0.2) is 38.9 Å². The molecule has 2 aromatic rings. The van der Waals surface area contributed by atoms with E-state index in [-0.39, 0.29) is 30.5 Å². The molecule has 9 heteroatoms. The van der Waals surface area contributed by atoms with Gasteiger partial charge in [-0.3, -0.25) is 0 Å². The molecular formula is C18H29IN6O2. The number of hydrogen-bond donors (Lipinski definition) is 3. The average molecular weight is 488 g/mol. The second-order valence-corrected chi connectivity index (χ2v) is 6.87. The Morgan fingerprint density at radius 1 is 1.33 bits per heavy atom. The van der Waals surface area contributed by atoms with Crippen molar-refractivity contribution in [1.29, 1.82) is 0 Å². The topological polar surface area (TPSA) is 100 Å². The summed E-state index contributed by atoms with van der Waals surface area (Å²) in [7, 11) is 0. The van der Waals surface area contributed by atoms with Crippen LogP contribution in [0.1, 0.15) is 49.9 Å². The van der Waals surface area contributed by atoms with Gasteiger partial charge >= 0.3 is 0 Å². The van der Waals surface area contributed by atoms with Crippen molar-refractivity contribution in [3.05, 3.63) is 35.3 Å². The van der Waals surface area contributed by atoms with Crippen LogP contribution >= 0.6 is 24.0 Å². The first kappa shape index (κ1) is 21.7. The summed E-state index contributed by atoms with van der Waals surface area (Å²) >= 11 is 0. The van der Waals surface area contributed by atoms with Gasteiger partial charge in [-0.1, -0.05) is 0 Å². The maximum atomic E-state index is 10.7. The van der Waals surface area contributed by atoms with E-state index in [0.29, 0.717) is 18.3 Å². The van der Waals surface area contributed by atoms with Crippen LogP contribution in [0.25, 0.3) is 0 Å². The standard InChI is InChI=1S/C18H28N6O2.HI/c1-4-19-17(21-12-18(3,25)14-9-8-13(2)26-14)20-11-16-23-22-15-7-5-6-10-24(15)16;/h8-9,25H,4-7,10-12H2,1-3H3,(H2,19,20,21);1H. The average Bonchev–Trinajstić information content (AvgIpc) is 3.24. The first-order chi connectivity index (χ1) is 12.5. The lowest BCUT2D eigenvalue weighted by molar-refractivity contribution is 0.0378. The first-order valence-corrected chi connectivity index (χ1v) is 9.22. The van der Waals surface area contributed by atoms with Crippen molar-refractivity contribution in [1.82, 2.24) is 25.4 Å². The highest BCUT2D eigenvalue weighted by Crippen LogP contribution is 2.22. The van der Waals surface area contributed by atoms with Gasteiger partial charge in [0.05, 0.1) is 6.54 Å². The molecule has 0 bridgehead atoms. The Morgan fingerprint density at radius 2 is 2.15 bits per heavy atom. The zero-order valence-electron chi connectivity index (χ0n) is 16.2. The lowest BCUT2D eigenvalue weighted by Crippen LogP contribution is -2.44. The molecule has 0 aromatic carbocycles. The van der Waals surface area contributed by atoms with Crippen LogP contribution in [0.2, 0.25) is 0 Å². The predicted octanol–water partition coefficient (Wildman–Crippen LogP) is 2.10. The smallest absolute Gasteiger partial charge is 0.191 e. The van der Waals surface area contributed by atoms with Gasteiger partial charge < -0.3 is 24.7 Å². The van der Waals surface area contributed by atoms with Crippen molar-refractivity contribution in [3.63, 3.8) is 0 Å². The molecule has 150 valence electrons. The Hall–Kier alpha value is -1.62. The Kier molecular flexibility index (Phi) is 7.66. The van der Waals surface area contributed by atoms with Gasteiger partial charge in [0.2, 0.25) is 0 Å². The minimum Gasteiger partial charge on any atom is -0.463 e. The van der Waals surface area contributed by atoms with E-state index in [4.69, 9.17) is 4.42 Å². The molecule has 1 aliphatic rings. The van der Waals surface area contributed by atoms with Gasteiger partial charge in [-0.25, -0.2) is 4.99 Å². The Balaban J connectivity index is 0.00000261. The third-order valence-corrected chi connectivity index (χ3v) is 4.53. The maximum absolute atomic E-state index is 10.7. The number of halogens is 1. The quantitative estimate of drug-likeness (QED) is 0.327. The zero-order chi connectivity index (χ0) is 18.6. The highest BCUT2D eigenvalue weighted by Gasteiger charge is 2.27. The van der Waals surface area contributed by atoms with Crippen LogP contribution in [0.5, 0.6) is 0 Å². The molecule has 0 saturated heterocycles. The fourth-order valence-electron chi connectivity index (χ4n) is 3.04. The van der Waals surface area contributed by atoms with Crippen molar-refractivity contribution in [3.8, 4) is 0 Å². The minimum absolute atomic E-state index is 0. The number of nitrogens with one attached hydrogen (secondary N) is 2. The summed E-state index contributed by atoms with van der Waals surface area (Å²) in [6.45, 7) is 8.00. The summed E-state index contributed by atoms with van der Waals surface area (Å²) in [5.41, 5.74) is -1.13. The van der Waals surface area contributed by atoms with Gasteiger partial charge in [0, 0.05) is 19.5 Å².